The molecule has 0 radical (unpaired) electrons. The number of ether oxygens (including phenoxy) is 1. The summed E-state index contributed by atoms with van der Waals surface area (Å²) in [5, 5.41) is 14.2. The molecule has 0 spiro atoms. The summed E-state index contributed by atoms with van der Waals surface area (Å²) in [6.07, 6.45) is 9.45. The van der Waals surface area contributed by atoms with Gasteiger partial charge in [-0.15, -0.1) is 0 Å². The van der Waals surface area contributed by atoms with Crippen LogP contribution in [0.2, 0.25) is 5.02 Å². The Bertz CT molecular complexity index is 1590. The highest BCUT2D eigenvalue weighted by atomic mass is 35.5. The molecule has 8 rings (SSSR count). The van der Waals surface area contributed by atoms with Gasteiger partial charge in [0.15, 0.2) is 0 Å². The van der Waals surface area contributed by atoms with Gasteiger partial charge in [0.1, 0.15) is 17.0 Å². The third-order valence-corrected chi connectivity index (χ3v) is 11.5. The van der Waals surface area contributed by atoms with Crippen LogP contribution in [0.3, 0.4) is 0 Å². The first-order valence-corrected chi connectivity index (χ1v) is 17.5. The molecule has 4 aliphatic carbocycles. The van der Waals surface area contributed by atoms with Crippen LogP contribution in [0.15, 0.2) is 54.6 Å². The lowest BCUT2D eigenvalue weighted by molar-refractivity contribution is -0.163. The van der Waals surface area contributed by atoms with Gasteiger partial charge in [0.25, 0.3) is 5.91 Å². The second kappa shape index (κ2) is 13.0. The number of carbonyl (C=O) groups is 2. The highest BCUT2D eigenvalue weighted by Crippen LogP contribution is 2.58. The summed E-state index contributed by atoms with van der Waals surface area (Å²) in [7, 11) is 0. The SMILES string of the molecule is Cc1ccccc1-c1ccc(C(=O)NC2(C(=O)O)C3CC4CC(C3)CC2C4)nc1-c1ccc(Cl)c(OCCCN2CCCCC2)c1. The van der Waals surface area contributed by atoms with E-state index in [1.54, 1.807) is 6.07 Å². The van der Waals surface area contributed by atoms with Crippen LogP contribution in [0.4, 0.5) is 0 Å². The van der Waals surface area contributed by atoms with Gasteiger partial charge in [-0.05, 0) is 130 Å². The van der Waals surface area contributed by atoms with Gasteiger partial charge < -0.3 is 20.1 Å². The first kappa shape index (κ1) is 31.2. The number of aryl methyl sites for hydroxylation is 1. The standard InChI is InChI=1S/C38H44ClN3O4/c1-24-8-3-4-9-30(24)31-11-13-33(36(43)41-38(37(44)45)28-19-25-18-26(21-28)22-29(38)20-25)40-35(31)27-10-12-32(39)34(23-27)46-17-7-16-42-14-5-2-6-15-42/h3-4,8-13,23,25-26,28-29H,2,5-7,14-22H2,1H3,(H,41,43)(H,44,45). The average molecular weight is 642 g/mol. The first-order chi connectivity index (χ1) is 22.3. The van der Waals surface area contributed by atoms with E-state index in [1.807, 2.05) is 36.4 Å². The van der Waals surface area contributed by atoms with Crippen molar-refractivity contribution in [3.05, 3.63) is 70.9 Å². The Hall–Kier alpha value is -3.42. The second-order valence-electron chi connectivity index (χ2n) is 14.1. The van der Waals surface area contributed by atoms with E-state index in [0.717, 1.165) is 74.0 Å². The largest absolute Gasteiger partial charge is 0.492 e. The number of rotatable bonds is 10. The maximum atomic E-state index is 14.0. The van der Waals surface area contributed by atoms with E-state index < -0.39 is 17.4 Å². The number of aliphatic carboxylic acids is 1. The summed E-state index contributed by atoms with van der Waals surface area (Å²) < 4.78 is 6.20. The molecule has 242 valence electrons. The molecule has 2 N–H and O–H groups in total. The zero-order valence-corrected chi connectivity index (χ0v) is 27.4. The Labute approximate surface area is 276 Å². The molecule has 2 aromatic carbocycles. The molecule has 46 heavy (non-hydrogen) atoms. The van der Waals surface area contributed by atoms with Crippen molar-refractivity contribution in [3.63, 3.8) is 0 Å². The molecule has 3 aromatic rings. The van der Waals surface area contributed by atoms with Crippen LogP contribution in [0, 0.1) is 30.6 Å². The molecule has 5 aliphatic rings. The summed E-state index contributed by atoms with van der Waals surface area (Å²) in [5.41, 5.74) is 3.37. The molecule has 7 nitrogen and oxygen atoms in total. The van der Waals surface area contributed by atoms with E-state index in [2.05, 4.69) is 29.3 Å². The number of hydrogen-bond acceptors (Lipinski definition) is 5. The number of carboxylic acid groups (broad SMARTS) is 1. The predicted octanol–water partition coefficient (Wildman–Crippen LogP) is 7.64. The number of amides is 1. The number of aromatic nitrogens is 1. The highest BCUT2D eigenvalue weighted by molar-refractivity contribution is 6.32. The third kappa shape index (κ3) is 5.93. The number of nitrogens with one attached hydrogen (secondary N) is 1. The molecule has 8 heteroatoms. The van der Waals surface area contributed by atoms with E-state index in [1.165, 1.54) is 25.7 Å². The lowest BCUT2D eigenvalue weighted by Gasteiger charge is -2.59. The number of carboxylic acids is 1. The van der Waals surface area contributed by atoms with Gasteiger partial charge in [0.05, 0.1) is 17.3 Å². The van der Waals surface area contributed by atoms with Crippen LogP contribution in [0.25, 0.3) is 22.4 Å². The number of nitrogens with zero attached hydrogens (tertiary/aromatic N) is 2. The highest BCUT2D eigenvalue weighted by Gasteiger charge is 2.62. The fourth-order valence-corrected chi connectivity index (χ4v) is 9.27. The first-order valence-electron chi connectivity index (χ1n) is 17.1. The van der Waals surface area contributed by atoms with Crippen molar-refractivity contribution in [2.24, 2.45) is 23.7 Å². The summed E-state index contributed by atoms with van der Waals surface area (Å²) >= 11 is 6.61. The average Bonchev–Trinajstić information content (AvgIpc) is 3.05. The topological polar surface area (TPSA) is 91.8 Å². The quantitative estimate of drug-likeness (QED) is 0.221. The van der Waals surface area contributed by atoms with Crippen LogP contribution in [0.5, 0.6) is 5.75 Å². The van der Waals surface area contributed by atoms with Gasteiger partial charge in [-0.2, -0.15) is 0 Å². The number of benzene rings is 2. The Morgan fingerprint density at radius 3 is 2.37 bits per heavy atom. The molecule has 0 unspecified atom stereocenters. The molecule has 4 bridgehead atoms. The molecule has 4 saturated carbocycles. The fraction of sp³-hybridized carbons (Fsp3) is 0.500. The van der Waals surface area contributed by atoms with E-state index in [4.69, 9.17) is 21.3 Å². The van der Waals surface area contributed by atoms with Crippen molar-refractivity contribution in [2.75, 3.05) is 26.2 Å². The summed E-state index contributed by atoms with van der Waals surface area (Å²) in [6, 6.07) is 17.4. The Morgan fingerprint density at radius 1 is 0.957 bits per heavy atom. The molecular weight excluding hydrogens is 598 g/mol. The predicted molar refractivity (Wildman–Crippen MR) is 180 cm³/mol. The Morgan fingerprint density at radius 2 is 1.67 bits per heavy atom. The van der Waals surface area contributed by atoms with Crippen molar-refractivity contribution < 1.29 is 19.4 Å². The molecule has 2 heterocycles. The van der Waals surface area contributed by atoms with E-state index in [9.17, 15) is 14.7 Å². The van der Waals surface area contributed by atoms with Gasteiger partial charge in [0.2, 0.25) is 0 Å². The smallest absolute Gasteiger partial charge is 0.330 e. The van der Waals surface area contributed by atoms with Crippen molar-refractivity contribution >= 4 is 23.5 Å². The van der Waals surface area contributed by atoms with Gasteiger partial charge in [-0.25, -0.2) is 9.78 Å². The second-order valence-corrected chi connectivity index (χ2v) is 14.5. The summed E-state index contributed by atoms with van der Waals surface area (Å²) in [4.78, 5) is 34.4. The maximum Gasteiger partial charge on any atom is 0.330 e. The van der Waals surface area contributed by atoms with Crippen LogP contribution >= 0.6 is 11.6 Å². The van der Waals surface area contributed by atoms with E-state index in [-0.39, 0.29) is 17.5 Å². The van der Waals surface area contributed by atoms with Gasteiger partial charge in [-0.1, -0.05) is 48.4 Å². The monoisotopic (exact) mass is 641 g/mol. The molecular formula is C38H44ClN3O4. The molecule has 1 aliphatic heterocycles. The minimum atomic E-state index is -1.24. The van der Waals surface area contributed by atoms with Crippen molar-refractivity contribution in [1.29, 1.82) is 0 Å². The van der Waals surface area contributed by atoms with E-state index in [0.29, 0.717) is 34.9 Å². The van der Waals surface area contributed by atoms with Crippen LogP contribution in [-0.2, 0) is 4.79 Å². The normalized spacial score (nSPS) is 27.0. The minimum absolute atomic E-state index is 0.0400. The number of halogens is 1. The Kier molecular flexibility index (Phi) is 8.81. The molecule has 0 atom stereocenters. The number of pyridine rings is 1. The number of piperidine rings is 1. The summed E-state index contributed by atoms with van der Waals surface area (Å²) in [6.45, 7) is 5.93. The number of carbonyl (C=O) groups excluding carboxylic acids is 1. The molecule has 1 aromatic heterocycles. The zero-order chi connectivity index (χ0) is 31.8. The van der Waals surface area contributed by atoms with Crippen LogP contribution in [-0.4, -0.2) is 58.6 Å². The maximum absolute atomic E-state index is 14.0. The minimum Gasteiger partial charge on any atom is -0.492 e. The fourth-order valence-electron chi connectivity index (χ4n) is 9.10. The Balaban J connectivity index is 1.18. The van der Waals surface area contributed by atoms with Crippen LogP contribution < -0.4 is 10.1 Å². The molecule has 1 amide bonds. The van der Waals surface area contributed by atoms with Gasteiger partial charge in [0, 0.05) is 17.7 Å². The lowest BCUT2D eigenvalue weighted by Crippen LogP contribution is -2.70. The number of hydrogen-bond donors (Lipinski definition) is 2. The van der Waals surface area contributed by atoms with Crippen LogP contribution in [0.1, 0.15) is 73.8 Å². The van der Waals surface area contributed by atoms with Crippen molar-refractivity contribution in [1.82, 2.24) is 15.2 Å². The van der Waals surface area contributed by atoms with Crippen molar-refractivity contribution in [2.45, 2.75) is 70.3 Å². The van der Waals surface area contributed by atoms with Gasteiger partial charge >= 0.3 is 5.97 Å². The lowest BCUT2D eigenvalue weighted by atomic mass is 9.48. The number of likely N-dealkylation sites (tertiary alicyclic amines) is 1. The van der Waals surface area contributed by atoms with Crippen molar-refractivity contribution in [3.8, 4) is 28.1 Å². The van der Waals surface area contributed by atoms with E-state index >= 15 is 0 Å². The zero-order valence-electron chi connectivity index (χ0n) is 26.6. The van der Waals surface area contributed by atoms with Gasteiger partial charge in [-0.3, -0.25) is 4.79 Å². The third-order valence-electron chi connectivity index (χ3n) is 11.2. The molecule has 5 fully saturated rings. The summed E-state index contributed by atoms with van der Waals surface area (Å²) in [5.74, 6) is 0.321. The molecule has 1 saturated heterocycles.